The average Bonchev–Trinajstić information content (AvgIpc) is 3.52. The van der Waals surface area contributed by atoms with E-state index in [-0.39, 0.29) is 10.8 Å². The fourth-order valence-electron chi connectivity index (χ4n) is 9.29. The molecule has 0 heterocycles. The third kappa shape index (κ3) is 5.32. The van der Waals surface area contributed by atoms with Crippen LogP contribution >= 0.6 is 15.9 Å². The fourth-order valence-corrected chi connectivity index (χ4v) is 9.67. The van der Waals surface area contributed by atoms with Crippen molar-refractivity contribution in [1.29, 1.82) is 0 Å². The van der Waals surface area contributed by atoms with Gasteiger partial charge in [0, 0.05) is 15.3 Å². The average molecular weight is 758 g/mol. The molecule has 0 N–H and O–H groups in total. The Hall–Kier alpha value is -5.50. The van der Waals surface area contributed by atoms with Gasteiger partial charge in [-0.15, -0.1) is 0 Å². The molecule has 0 saturated carbocycles. The minimum atomic E-state index is 0.0122. The van der Waals surface area contributed by atoms with Crippen LogP contribution in [-0.4, -0.2) is 0 Å². The second-order valence-electron chi connectivity index (χ2n) is 16.4. The van der Waals surface area contributed by atoms with E-state index in [0.717, 1.165) is 10.9 Å². The summed E-state index contributed by atoms with van der Waals surface area (Å²) < 4.78 is 1.13. The number of hydrogen-bond acceptors (Lipinski definition) is 0. The van der Waals surface area contributed by atoms with Crippen molar-refractivity contribution >= 4 is 59.0 Å². The van der Waals surface area contributed by atoms with Crippen molar-refractivity contribution in [1.82, 2.24) is 0 Å². The lowest BCUT2D eigenvalue weighted by Crippen LogP contribution is -2.14. The minimum Gasteiger partial charge on any atom is -0.0622 e. The standard InChI is InChI=1S/C30H24.C23H17Br/c1-30(2)28-18-23-11-7-6-10-22(23)16-26(28)27-17-24-13-12-21(15-25(24)19-29(27)30)14-20-8-4-3-5-9-20;1-23(2)21-12-15-6-4-3-5-14(15)10-19(21)20-11-16-7-8-18(24)9-17(16)13-22(20)23/h3-13,15-19H,14H2,1-2H3;3-13H,1-2H3. The molecule has 260 valence electrons. The van der Waals surface area contributed by atoms with Gasteiger partial charge in [0.05, 0.1) is 0 Å². The highest BCUT2D eigenvalue weighted by molar-refractivity contribution is 9.10. The Morgan fingerprint density at radius 1 is 0.333 bits per heavy atom. The third-order valence-electron chi connectivity index (χ3n) is 12.3. The Morgan fingerprint density at radius 3 is 1.19 bits per heavy atom. The van der Waals surface area contributed by atoms with Crippen LogP contribution in [0.25, 0.3) is 65.3 Å². The first-order valence-corrected chi connectivity index (χ1v) is 19.8. The summed E-state index contributed by atoms with van der Waals surface area (Å²) in [4.78, 5) is 0. The molecule has 9 aromatic carbocycles. The first kappa shape index (κ1) is 33.1. The van der Waals surface area contributed by atoms with E-state index in [1.807, 2.05) is 0 Å². The maximum absolute atomic E-state index is 3.60. The topological polar surface area (TPSA) is 0 Å². The molecule has 54 heavy (non-hydrogen) atoms. The first-order chi connectivity index (χ1) is 26.1. The molecule has 0 atom stereocenters. The lowest BCUT2D eigenvalue weighted by molar-refractivity contribution is 0.662. The Bertz CT molecular complexity index is 2960. The van der Waals surface area contributed by atoms with E-state index in [0.29, 0.717) is 0 Å². The number of benzene rings is 9. The summed E-state index contributed by atoms with van der Waals surface area (Å²) in [6, 6.07) is 60.7. The van der Waals surface area contributed by atoms with Gasteiger partial charge in [-0.1, -0.05) is 147 Å². The van der Waals surface area contributed by atoms with Gasteiger partial charge in [-0.2, -0.15) is 0 Å². The van der Waals surface area contributed by atoms with E-state index in [9.17, 15) is 0 Å². The highest BCUT2D eigenvalue weighted by Gasteiger charge is 2.37. The van der Waals surface area contributed by atoms with Crippen molar-refractivity contribution in [2.45, 2.75) is 44.9 Å². The van der Waals surface area contributed by atoms with E-state index >= 15 is 0 Å². The largest absolute Gasteiger partial charge is 0.0622 e. The summed E-state index contributed by atoms with van der Waals surface area (Å²) in [5, 5.41) is 10.5. The summed E-state index contributed by atoms with van der Waals surface area (Å²) in [5.41, 5.74) is 14.1. The fraction of sp³-hybridized carbons (Fsp3) is 0.132. The van der Waals surface area contributed by atoms with Gasteiger partial charge in [0.2, 0.25) is 0 Å². The molecule has 0 spiro atoms. The SMILES string of the molecule is CC1(C)c2cc3ccccc3cc2-c2cc3ccc(Br)cc3cc21.CC1(C)c2cc3ccccc3cc2-c2cc3ccc(Cc4ccccc4)cc3cc21. The van der Waals surface area contributed by atoms with Gasteiger partial charge < -0.3 is 0 Å². The predicted molar refractivity (Wildman–Crippen MR) is 235 cm³/mol. The van der Waals surface area contributed by atoms with E-state index < -0.39 is 0 Å². The number of fused-ring (bicyclic) bond motifs is 10. The molecule has 0 nitrogen and oxygen atoms in total. The van der Waals surface area contributed by atoms with Crippen molar-refractivity contribution in [2.24, 2.45) is 0 Å². The summed E-state index contributed by atoms with van der Waals surface area (Å²) >= 11 is 3.60. The maximum Gasteiger partial charge on any atom is 0.0181 e. The number of halogens is 1. The van der Waals surface area contributed by atoms with Gasteiger partial charge in [-0.05, 0) is 166 Å². The molecule has 2 aliphatic rings. The van der Waals surface area contributed by atoms with Crippen molar-refractivity contribution in [3.63, 3.8) is 0 Å². The van der Waals surface area contributed by atoms with Crippen LogP contribution in [-0.2, 0) is 17.3 Å². The molecule has 0 fully saturated rings. The van der Waals surface area contributed by atoms with E-state index in [1.165, 1.54) is 98.7 Å². The number of hydrogen-bond donors (Lipinski definition) is 0. The van der Waals surface area contributed by atoms with E-state index in [2.05, 4.69) is 207 Å². The molecule has 1 heteroatoms. The second-order valence-corrected chi connectivity index (χ2v) is 17.3. The maximum atomic E-state index is 3.60. The zero-order valence-electron chi connectivity index (χ0n) is 31.2. The Balaban J connectivity index is 0.000000137. The molecule has 0 saturated heterocycles. The lowest BCUT2D eigenvalue weighted by atomic mass is 9.81. The third-order valence-corrected chi connectivity index (χ3v) is 12.8. The van der Waals surface area contributed by atoms with Crippen molar-refractivity contribution in [3.05, 3.63) is 202 Å². The zero-order valence-corrected chi connectivity index (χ0v) is 32.8. The van der Waals surface area contributed by atoms with Gasteiger partial charge >= 0.3 is 0 Å². The van der Waals surface area contributed by atoms with Crippen LogP contribution < -0.4 is 0 Å². The van der Waals surface area contributed by atoms with Crippen molar-refractivity contribution in [3.8, 4) is 22.3 Å². The van der Waals surface area contributed by atoms with Crippen molar-refractivity contribution < 1.29 is 0 Å². The van der Waals surface area contributed by atoms with Crippen LogP contribution in [0.5, 0.6) is 0 Å². The minimum absolute atomic E-state index is 0.0122. The predicted octanol–water partition coefficient (Wildman–Crippen LogP) is 15.0. The molecule has 0 bridgehead atoms. The molecule has 9 aromatic rings. The summed E-state index contributed by atoms with van der Waals surface area (Å²) in [7, 11) is 0. The van der Waals surface area contributed by atoms with Crippen LogP contribution in [0.4, 0.5) is 0 Å². The smallest absolute Gasteiger partial charge is 0.0181 e. The summed E-state index contributed by atoms with van der Waals surface area (Å²) in [6.07, 6.45) is 0.975. The Kier molecular flexibility index (Phi) is 7.52. The highest BCUT2D eigenvalue weighted by atomic mass is 79.9. The van der Waals surface area contributed by atoms with E-state index in [1.54, 1.807) is 0 Å². The zero-order chi connectivity index (χ0) is 36.8. The highest BCUT2D eigenvalue weighted by Crippen LogP contribution is 2.52. The van der Waals surface area contributed by atoms with Crippen LogP contribution in [0.2, 0.25) is 0 Å². The van der Waals surface area contributed by atoms with Gasteiger partial charge in [0.1, 0.15) is 0 Å². The quantitative estimate of drug-likeness (QED) is 0.165. The molecule has 0 amide bonds. The lowest BCUT2D eigenvalue weighted by Gasteiger charge is -2.22. The van der Waals surface area contributed by atoms with Gasteiger partial charge in [-0.3, -0.25) is 0 Å². The molecule has 2 aliphatic carbocycles. The molecular formula is C53H41Br. The molecule has 0 radical (unpaired) electrons. The van der Waals surface area contributed by atoms with Crippen molar-refractivity contribution in [2.75, 3.05) is 0 Å². The normalized spacial score (nSPS) is 14.4. The Labute approximate surface area is 326 Å². The summed E-state index contributed by atoms with van der Waals surface area (Å²) in [5.74, 6) is 0. The monoisotopic (exact) mass is 756 g/mol. The summed E-state index contributed by atoms with van der Waals surface area (Å²) in [6.45, 7) is 9.42. The first-order valence-electron chi connectivity index (χ1n) is 19.1. The Morgan fingerprint density at radius 2 is 0.704 bits per heavy atom. The van der Waals surface area contributed by atoms with Gasteiger partial charge in [0.25, 0.3) is 0 Å². The second kappa shape index (κ2) is 12.3. The van der Waals surface area contributed by atoms with Crippen LogP contribution in [0.15, 0.2) is 168 Å². The van der Waals surface area contributed by atoms with E-state index in [4.69, 9.17) is 0 Å². The van der Waals surface area contributed by atoms with Gasteiger partial charge in [-0.25, -0.2) is 0 Å². The van der Waals surface area contributed by atoms with Crippen LogP contribution in [0.1, 0.15) is 61.1 Å². The number of rotatable bonds is 2. The molecule has 0 aromatic heterocycles. The van der Waals surface area contributed by atoms with Gasteiger partial charge in [0.15, 0.2) is 0 Å². The van der Waals surface area contributed by atoms with Crippen LogP contribution in [0, 0.1) is 0 Å². The van der Waals surface area contributed by atoms with Crippen LogP contribution in [0.3, 0.4) is 0 Å². The molecule has 0 aliphatic heterocycles. The molecule has 11 rings (SSSR count). The molecular weight excluding hydrogens is 716 g/mol. The molecule has 0 unspecified atom stereocenters.